The van der Waals surface area contributed by atoms with E-state index in [2.05, 4.69) is 0 Å². The standard InChI is InChI=1S/C10H15ClO4S/c1-9(6-16(13,14)15)7-2-3-10(9,5-11)8(12)4-7/h7H,2-6H2,1H3,(H,13,14,15). The van der Waals surface area contributed by atoms with E-state index >= 15 is 0 Å². The van der Waals surface area contributed by atoms with Crippen molar-refractivity contribution >= 4 is 27.5 Å². The van der Waals surface area contributed by atoms with Gasteiger partial charge in [-0.1, -0.05) is 6.92 Å². The van der Waals surface area contributed by atoms with Crippen LogP contribution in [0.3, 0.4) is 0 Å². The molecule has 0 aromatic carbocycles. The van der Waals surface area contributed by atoms with Crippen molar-refractivity contribution in [2.75, 3.05) is 11.6 Å². The highest BCUT2D eigenvalue weighted by Crippen LogP contribution is 2.64. The summed E-state index contributed by atoms with van der Waals surface area (Å²) in [5.41, 5.74) is -1.44. The third kappa shape index (κ3) is 1.45. The highest BCUT2D eigenvalue weighted by atomic mass is 35.5. The number of carbonyl (C=O) groups excluding carboxylic acids is 1. The summed E-state index contributed by atoms with van der Waals surface area (Å²) in [4.78, 5) is 11.9. The molecule has 2 aliphatic carbocycles. The van der Waals surface area contributed by atoms with Gasteiger partial charge in [0.25, 0.3) is 10.1 Å². The Balaban J connectivity index is 2.45. The number of fused-ring (bicyclic) bond motifs is 2. The van der Waals surface area contributed by atoms with Gasteiger partial charge >= 0.3 is 0 Å². The Morgan fingerprint density at radius 3 is 2.62 bits per heavy atom. The van der Waals surface area contributed by atoms with Crippen LogP contribution in [0, 0.1) is 16.7 Å². The summed E-state index contributed by atoms with van der Waals surface area (Å²) in [5, 5.41) is 0. The molecule has 0 spiro atoms. The van der Waals surface area contributed by atoms with Crippen LogP contribution in [0.15, 0.2) is 0 Å². The van der Waals surface area contributed by atoms with Crippen LogP contribution in [0.4, 0.5) is 0 Å². The predicted octanol–water partition coefficient (Wildman–Crippen LogP) is 1.49. The van der Waals surface area contributed by atoms with Crippen LogP contribution in [-0.4, -0.2) is 30.4 Å². The van der Waals surface area contributed by atoms with E-state index < -0.39 is 20.9 Å². The van der Waals surface area contributed by atoms with Crippen LogP contribution in [-0.2, 0) is 14.9 Å². The quantitative estimate of drug-likeness (QED) is 0.621. The summed E-state index contributed by atoms with van der Waals surface area (Å²) in [6, 6.07) is 0. The molecule has 0 aliphatic heterocycles. The van der Waals surface area contributed by atoms with Gasteiger partial charge in [0.15, 0.2) is 0 Å². The molecule has 0 amide bonds. The van der Waals surface area contributed by atoms with Crippen molar-refractivity contribution < 1.29 is 17.8 Å². The Morgan fingerprint density at radius 1 is 1.56 bits per heavy atom. The van der Waals surface area contributed by atoms with Gasteiger partial charge in [-0.2, -0.15) is 8.42 Å². The Labute approximate surface area is 100 Å². The van der Waals surface area contributed by atoms with Crippen LogP contribution in [0.25, 0.3) is 0 Å². The van der Waals surface area contributed by atoms with Gasteiger partial charge in [0.1, 0.15) is 5.78 Å². The van der Waals surface area contributed by atoms with E-state index in [1.165, 1.54) is 0 Å². The summed E-state index contributed by atoms with van der Waals surface area (Å²) in [5.74, 6) is -0.108. The third-order valence-electron chi connectivity index (χ3n) is 4.59. The summed E-state index contributed by atoms with van der Waals surface area (Å²) in [6.07, 6.45) is 1.87. The topological polar surface area (TPSA) is 71.4 Å². The van der Waals surface area contributed by atoms with Crippen LogP contribution >= 0.6 is 11.6 Å². The second-order valence-electron chi connectivity index (χ2n) is 5.22. The molecular weight excluding hydrogens is 252 g/mol. The summed E-state index contributed by atoms with van der Waals surface area (Å²) < 4.78 is 31.2. The molecule has 2 fully saturated rings. The minimum absolute atomic E-state index is 0.0423. The maximum Gasteiger partial charge on any atom is 0.265 e. The first-order chi connectivity index (χ1) is 7.25. The maximum absolute atomic E-state index is 11.9. The summed E-state index contributed by atoms with van der Waals surface area (Å²) in [7, 11) is -4.07. The number of halogens is 1. The average Bonchev–Trinajstić information content (AvgIpc) is 2.48. The molecule has 0 aromatic heterocycles. The fraction of sp³-hybridized carbons (Fsp3) is 0.900. The number of hydrogen-bond acceptors (Lipinski definition) is 3. The lowest BCUT2D eigenvalue weighted by Crippen LogP contribution is -2.43. The van der Waals surface area contributed by atoms with Crippen molar-refractivity contribution in [3.05, 3.63) is 0 Å². The monoisotopic (exact) mass is 266 g/mol. The smallest absolute Gasteiger partial charge is 0.265 e. The van der Waals surface area contributed by atoms with Crippen molar-refractivity contribution in [2.45, 2.75) is 26.2 Å². The molecule has 2 aliphatic rings. The first-order valence-electron chi connectivity index (χ1n) is 5.30. The number of hydrogen-bond donors (Lipinski definition) is 1. The zero-order chi connectivity index (χ0) is 12.2. The zero-order valence-corrected chi connectivity index (χ0v) is 10.6. The first kappa shape index (κ1) is 12.3. The molecule has 2 rings (SSSR count). The second-order valence-corrected chi connectivity index (χ2v) is 6.94. The number of carbonyl (C=O) groups is 1. The minimum atomic E-state index is -4.07. The van der Waals surface area contributed by atoms with Gasteiger partial charge in [-0.15, -0.1) is 11.6 Å². The molecule has 2 bridgehead atoms. The molecule has 1 N–H and O–H groups in total. The molecule has 2 saturated carbocycles. The number of ketones is 1. The SMILES string of the molecule is CC1(CS(=O)(=O)O)C2CCC1(CCl)C(=O)C2. The van der Waals surface area contributed by atoms with Crippen molar-refractivity contribution in [3.8, 4) is 0 Å². The third-order valence-corrected chi connectivity index (χ3v) is 6.01. The fourth-order valence-corrected chi connectivity index (χ4v) is 5.41. The van der Waals surface area contributed by atoms with Crippen LogP contribution in [0.2, 0.25) is 0 Å². The first-order valence-corrected chi connectivity index (χ1v) is 7.44. The van der Waals surface area contributed by atoms with E-state index in [1.54, 1.807) is 6.92 Å². The molecular formula is C10H15ClO4S. The largest absolute Gasteiger partial charge is 0.299 e. The van der Waals surface area contributed by atoms with Gasteiger partial charge in [0.2, 0.25) is 0 Å². The summed E-state index contributed by atoms with van der Waals surface area (Å²) >= 11 is 5.90. The lowest BCUT2D eigenvalue weighted by Gasteiger charge is -2.36. The van der Waals surface area contributed by atoms with Gasteiger partial charge < -0.3 is 0 Å². The highest BCUT2D eigenvalue weighted by molar-refractivity contribution is 7.85. The van der Waals surface area contributed by atoms with Gasteiger partial charge in [-0.3, -0.25) is 9.35 Å². The van der Waals surface area contributed by atoms with Crippen LogP contribution < -0.4 is 0 Å². The molecule has 3 unspecified atom stereocenters. The lowest BCUT2D eigenvalue weighted by molar-refractivity contribution is -0.127. The second kappa shape index (κ2) is 3.43. The number of rotatable bonds is 3. The molecule has 3 atom stereocenters. The minimum Gasteiger partial charge on any atom is -0.299 e. The molecule has 0 radical (unpaired) electrons. The van der Waals surface area contributed by atoms with E-state index in [0.29, 0.717) is 12.8 Å². The highest BCUT2D eigenvalue weighted by Gasteiger charge is 2.66. The van der Waals surface area contributed by atoms with Crippen molar-refractivity contribution in [1.29, 1.82) is 0 Å². The average molecular weight is 267 g/mol. The Bertz CT molecular complexity index is 432. The fourth-order valence-electron chi connectivity index (χ4n) is 3.55. The molecule has 0 heterocycles. The zero-order valence-electron chi connectivity index (χ0n) is 9.07. The van der Waals surface area contributed by atoms with Gasteiger partial charge in [-0.05, 0) is 18.8 Å². The Morgan fingerprint density at radius 2 is 2.19 bits per heavy atom. The Hall–Kier alpha value is -0.130. The summed E-state index contributed by atoms with van der Waals surface area (Å²) in [6.45, 7) is 1.77. The van der Waals surface area contributed by atoms with Crippen molar-refractivity contribution in [2.24, 2.45) is 16.7 Å². The van der Waals surface area contributed by atoms with Gasteiger partial charge in [0.05, 0.1) is 5.75 Å². The van der Waals surface area contributed by atoms with Gasteiger partial charge in [-0.25, -0.2) is 0 Å². The molecule has 0 saturated heterocycles. The molecule has 6 heteroatoms. The van der Waals surface area contributed by atoms with E-state index in [0.717, 1.165) is 6.42 Å². The van der Waals surface area contributed by atoms with E-state index in [9.17, 15) is 13.2 Å². The maximum atomic E-state index is 11.9. The van der Waals surface area contributed by atoms with E-state index in [4.69, 9.17) is 16.2 Å². The van der Waals surface area contributed by atoms with Crippen LogP contribution in [0.1, 0.15) is 26.2 Å². The number of Topliss-reactive ketones (excluding diaryl/α,β-unsaturated/α-hetero) is 1. The molecule has 16 heavy (non-hydrogen) atoms. The van der Waals surface area contributed by atoms with E-state index in [1.807, 2.05) is 0 Å². The predicted molar refractivity (Wildman–Crippen MR) is 60.0 cm³/mol. The number of alkyl halides is 1. The van der Waals surface area contributed by atoms with Crippen molar-refractivity contribution in [1.82, 2.24) is 0 Å². The Kier molecular flexibility index (Phi) is 2.64. The van der Waals surface area contributed by atoms with Crippen LogP contribution in [0.5, 0.6) is 0 Å². The van der Waals surface area contributed by atoms with Gasteiger partial charge in [0, 0.05) is 23.1 Å². The molecule has 4 nitrogen and oxygen atoms in total. The van der Waals surface area contributed by atoms with Crippen molar-refractivity contribution in [3.63, 3.8) is 0 Å². The van der Waals surface area contributed by atoms with E-state index in [-0.39, 0.29) is 23.3 Å². The molecule has 0 aromatic rings. The molecule has 92 valence electrons. The lowest BCUT2D eigenvalue weighted by atomic mass is 9.70. The normalized spacial score (nSPS) is 42.9.